The molecule has 3 heteroatoms. The van der Waals surface area contributed by atoms with E-state index >= 15 is 0 Å². The molecule has 0 spiro atoms. The zero-order chi connectivity index (χ0) is 11.3. The third-order valence-electron chi connectivity index (χ3n) is 3.06. The number of hydrogen-bond acceptors (Lipinski definition) is 3. The second-order valence-electron chi connectivity index (χ2n) is 5.06. The van der Waals surface area contributed by atoms with Crippen LogP contribution >= 0.6 is 0 Å². The van der Waals surface area contributed by atoms with E-state index < -0.39 is 0 Å². The van der Waals surface area contributed by atoms with Gasteiger partial charge in [-0.2, -0.15) is 5.26 Å². The van der Waals surface area contributed by atoms with Crippen LogP contribution < -0.4 is 0 Å². The van der Waals surface area contributed by atoms with E-state index in [9.17, 15) is 0 Å². The molecule has 1 unspecified atom stereocenters. The normalized spacial score (nSPS) is 23.7. The van der Waals surface area contributed by atoms with E-state index in [1.54, 1.807) is 0 Å². The Morgan fingerprint density at radius 3 is 2.87 bits per heavy atom. The van der Waals surface area contributed by atoms with Gasteiger partial charge in [-0.15, -0.1) is 0 Å². The highest BCUT2D eigenvalue weighted by Crippen LogP contribution is 2.21. The molecule has 86 valence electrons. The predicted molar refractivity (Wildman–Crippen MR) is 60.5 cm³/mol. The van der Waals surface area contributed by atoms with Crippen molar-refractivity contribution in [2.75, 3.05) is 26.3 Å². The lowest BCUT2D eigenvalue weighted by Crippen LogP contribution is -2.44. The summed E-state index contributed by atoms with van der Waals surface area (Å²) in [6.45, 7) is 10.1. The van der Waals surface area contributed by atoms with Crippen LogP contribution in [0.5, 0.6) is 0 Å². The maximum Gasteiger partial charge on any atom is 0.0683 e. The number of morpholine rings is 1. The van der Waals surface area contributed by atoms with E-state index in [1.807, 2.05) is 13.8 Å². The maximum absolute atomic E-state index is 8.90. The van der Waals surface area contributed by atoms with Crippen LogP contribution in [-0.2, 0) is 4.74 Å². The Labute approximate surface area is 93.0 Å². The Hall–Kier alpha value is -0.590. The average Bonchev–Trinajstić information content (AvgIpc) is 2.21. The second-order valence-corrected chi connectivity index (χ2v) is 5.06. The van der Waals surface area contributed by atoms with Gasteiger partial charge in [-0.25, -0.2) is 0 Å². The van der Waals surface area contributed by atoms with Gasteiger partial charge in [0.2, 0.25) is 0 Å². The molecule has 0 amide bonds. The van der Waals surface area contributed by atoms with Gasteiger partial charge >= 0.3 is 0 Å². The molecule has 1 aliphatic rings. The van der Waals surface area contributed by atoms with Crippen molar-refractivity contribution < 1.29 is 4.74 Å². The van der Waals surface area contributed by atoms with Crippen LogP contribution in [0.4, 0.5) is 0 Å². The highest BCUT2D eigenvalue weighted by Gasteiger charge is 2.20. The number of rotatable bonds is 4. The van der Waals surface area contributed by atoms with Crippen molar-refractivity contribution in [3.8, 4) is 6.07 Å². The van der Waals surface area contributed by atoms with Gasteiger partial charge < -0.3 is 4.74 Å². The van der Waals surface area contributed by atoms with Crippen molar-refractivity contribution >= 4 is 0 Å². The summed E-state index contributed by atoms with van der Waals surface area (Å²) < 4.78 is 5.39. The smallest absolute Gasteiger partial charge is 0.0683 e. The second kappa shape index (κ2) is 5.48. The van der Waals surface area contributed by atoms with E-state index in [0.29, 0.717) is 6.04 Å². The molecule has 1 heterocycles. The first-order valence-electron chi connectivity index (χ1n) is 5.78. The molecule has 0 radical (unpaired) electrons. The monoisotopic (exact) mass is 210 g/mol. The molecule has 0 N–H and O–H groups in total. The average molecular weight is 210 g/mol. The fourth-order valence-corrected chi connectivity index (χ4v) is 1.87. The molecular weight excluding hydrogens is 188 g/mol. The highest BCUT2D eigenvalue weighted by atomic mass is 16.5. The quantitative estimate of drug-likeness (QED) is 0.712. The van der Waals surface area contributed by atoms with Crippen LogP contribution in [0.3, 0.4) is 0 Å². The van der Waals surface area contributed by atoms with Gasteiger partial charge in [0.25, 0.3) is 0 Å². The van der Waals surface area contributed by atoms with Crippen LogP contribution in [0.2, 0.25) is 0 Å². The summed E-state index contributed by atoms with van der Waals surface area (Å²) in [4.78, 5) is 2.46. The Kier molecular flexibility index (Phi) is 4.56. The van der Waals surface area contributed by atoms with Crippen LogP contribution in [-0.4, -0.2) is 37.2 Å². The largest absolute Gasteiger partial charge is 0.379 e. The molecule has 1 saturated heterocycles. The lowest BCUT2D eigenvalue weighted by Gasteiger charge is -2.33. The van der Waals surface area contributed by atoms with Crippen molar-refractivity contribution in [3.63, 3.8) is 0 Å². The van der Waals surface area contributed by atoms with Gasteiger partial charge in [0.15, 0.2) is 0 Å². The van der Waals surface area contributed by atoms with E-state index in [4.69, 9.17) is 10.00 Å². The van der Waals surface area contributed by atoms with Gasteiger partial charge in [0, 0.05) is 12.6 Å². The third kappa shape index (κ3) is 4.19. The van der Waals surface area contributed by atoms with Gasteiger partial charge in [0.05, 0.1) is 24.7 Å². The summed E-state index contributed by atoms with van der Waals surface area (Å²) in [6, 6.07) is 2.88. The van der Waals surface area contributed by atoms with E-state index in [1.165, 1.54) is 0 Å². The van der Waals surface area contributed by atoms with Gasteiger partial charge in [-0.3, -0.25) is 4.90 Å². The number of nitriles is 1. The van der Waals surface area contributed by atoms with Crippen molar-refractivity contribution in [3.05, 3.63) is 0 Å². The zero-order valence-corrected chi connectivity index (χ0v) is 10.1. The lowest BCUT2D eigenvalue weighted by atomic mass is 9.90. The summed E-state index contributed by atoms with van der Waals surface area (Å²) in [5.41, 5.74) is -0.171. The number of nitrogens with zero attached hydrogens (tertiary/aromatic N) is 2. The zero-order valence-electron chi connectivity index (χ0n) is 10.1. The molecule has 0 aromatic heterocycles. The minimum Gasteiger partial charge on any atom is -0.379 e. The van der Waals surface area contributed by atoms with Crippen molar-refractivity contribution in [2.24, 2.45) is 5.41 Å². The summed E-state index contributed by atoms with van der Waals surface area (Å²) >= 11 is 0. The standard InChI is InChI=1S/C12H22N2O/c1-11-9-15-8-7-14(11)6-4-5-12(2,3)10-13/h11H,4-9H2,1-3H3. The Balaban J connectivity index is 2.22. The van der Waals surface area contributed by atoms with Crippen molar-refractivity contribution in [1.82, 2.24) is 4.90 Å². The highest BCUT2D eigenvalue weighted by molar-refractivity contribution is 4.91. The van der Waals surface area contributed by atoms with Crippen molar-refractivity contribution in [1.29, 1.82) is 5.26 Å². The Bertz CT molecular complexity index is 232. The molecule has 1 rings (SSSR count). The molecule has 0 bridgehead atoms. The fraction of sp³-hybridized carbons (Fsp3) is 0.917. The van der Waals surface area contributed by atoms with E-state index in [2.05, 4.69) is 17.9 Å². The molecule has 0 aliphatic carbocycles. The molecular formula is C12H22N2O. The molecule has 3 nitrogen and oxygen atoms in total. The first-order chi connectivity index (χ1) is 7.05. The Morgan fingerprint density at radius 1 is 1.53 bits per heavy atom. The van der Waals surface area contributed by atoms with Crippen LogP contribution in [0.15, 0.2) is 0 Å². The van der Waals surface area contributed by atoms with E-state index in [-0.39, 0.29) is 5.41 Å². The number of ether oxygens (including phenoxy) is 1. The van der Waals surface area contributed by atoms with Crippen LogP contribution in [0, 0.1) is 16.7 Å². The van der Waals surface area contributed by atoms with Gasteiger partial charge in [-0.05, 0) is 40.2 Å². The molecule has 15 heavy (non-hydrogen) atoms. The number of hydrogen-bond donors (Lipinski definition) is 0. The Morgan fingerprint density at radius 2 is 2.27 bits per heavy atom. The topological polar surface area (TPSA) is 36.3 Å². The summed E-state index contributed by atoms with van der Waals surface area (Å²) in [5, 5.41) is 8.90. The van der Waals surface area contributed by atoms with Crippen LogP contribution in [0.25, 0.3) is 0 Å². The lowest BCUT2D eigenvalue weighted by molar-refractivity contribution is -0.00152. The van der Waals surface area contributed by atoms with Gasteiger partial charge in [-0.1, -0.05) is 0 Å². The minimum absolute atomic E-state index is 0.171. The van der Waals surface area contributed by atoms with E-state index in [0.717, 1.165) is 39.1 Å². The molecule has 1 aliphatic heterocycles. The van der Waals surface area contributed by atoms with Gasteiger partial charge in [0.1, 0.15) is 0 Å². The van der Waals surface area contributed by atoms with Crippen LogP contribution in [0.1, 0.15) is 33.6 Å². The predicted octanol–water partition coefficient (Wildman–Crippen LogP) is 2.04. The molecule has 0 saturated carbocycles. The van der Waals surface area contributed by atoms with Crippen molar-refractivity contribution in [2.45, 2.75) is 39.7 Å². The molecule has 1 fully saturated rings. The SMILES string of the molecule is CC1COCCN1CCCC(C)(C)C#N. The summed E-state index contributed by atoms with van der Waals surface area (Å²) in [6.07, 6.45) is 2.08. The summed E-state index contributed by atoms with van der Waals surface area (Å²) in [5.74, 6) is 0. The maximum atomic E-state index is 8.90. The first-order valence-corrected chi connectivity index (χ1v) is 5.78. The molecule has 0 aromatic rings. The molecule has 0 aromatic carbocycles. The first kappa shape index (κ1) is 12.5. The third-order valence-corrected chi connectivity index (χ3v) is 3.06. The minimum atomic E-state index is -0.171. The summed E-state index contributed by atoms with van der Waals surface area (Å²) in [7, 11) is 0. The fourth-order valence-electron chi connectivity index (χ4n) is 1.87. The molecule has 1 atom stereocenters.